The van der Waals surface area contributed by atoms with Crippen molar-refractivity contribution in [3.05, 3.63) is 65.2 Å². The summed E-state index contributed by atoms with van der Waals surface area (Å²) in [5.74, 6) is 0.459. The standard InChI is InChI=1S/C20H24O3/c1-15-5-7-16(8-6-15)19(21)23-14-13-22-18-11-9-17(10-12-18)20(2,3)4/h5-12H,13-14H2,1-4H3. The van der Waals surface area contributed by atoms with Crippen LogP contribution < -0.4 is 4.74 Å². The van der Waals surface area contributed by atoms with Gasteiger partial charge in [0.2, 0.25) is 0 Å². The fourth-order valence-corrected chi connectivity index (χ4v) is 2.12. The molecule has 0 saturated carbocycles. The molecular formula is C20H24O3. The maximum absolute atomic E-state index is 11.8. The zero-order chi connectivity index (χ0) is 16.9. The topological polar surface area (TPSA) is 35.5 Å². The molecule has 0 saturated heterocycles. The Morgan fingerprint density at radius 1 is 0.913 bits per heavy atom. The number of ether oxygens (including phenoxy) is 2. The van der Waals surface area contributed by atoms with E-state index in [1.807, 2.05) is 31.2 Å². The quantitative estimate of drug-likeness (QED) is 0.601. The van der Waals surface area contributed by atoms with Crippen LogP contribution >= 0.6 is 0 Å². The van der Waals surface area contributed by atoms with Crippen molar-refractivity contribution in [3.63, 3.8) is 0 Å². The molecule has 2 aromatic rings. The molecule has 0 spiro atoms. The van der Waals surface area contributed by atoms with Crippen LogP contribution in [0, 0.1) is 6.92 Å². The summed E-state index contributed by atoms with van der Waals surface area (Å²) < 4.78 is 10.8. The minimum atomic E-state index is -0.323. The maximum atomic E-state index is 11.8. The summed E-state index contributed by atoms with van der Waals surface area (Å²) in [4.78, 5) is 11.8. The van der Waals surface area contributed by atoms with Crippen molar-refractivity contribution in [1.82, 2.24) is 0 Å². The molecule has 0 fully saturated rings. The predicted molar refractivity (Wildman–Crippen MR) is 92.1 cm³/mol. The molecule has 122 valence electrons. The number of hydrogen-bond donors (Lipinski definition) is 0. The van der Waals surface area contributed by atoms with Crippen LogP contribution in [0.5, 0.6) is 5.75 Å². The molecule has 0 aliphatic heterocycles. The van der Waals surface area contributed by atoms with Gasteiger partial charge in [0.1, 0.15) is 19.0 Å². The van der Waals surface area contributed by atoms with Gasteiger partial charge in [-0.15, -0.1) is 0 Å². The second kappa shape index (κ2) is 7.32. The van der Waals surface area contributed by atoms with Crippen molar-refractivity contribution in [2.24, 2.45) is 0 Å². The van der Waals surface area contributed by atoms with Gasteiger partial charge in [0.05, 0.1) is 5.56 Å². The minimum absolute atomic E-state index is 0.127. The summed E-state index contributed by atoms with van der Waals surface area (Å²) in [6, 6.07) is 15.3. The normalized spacial score (nSPS) is 11.1. The second-order valence-corrected chi connectivity index (χ2v) is 6.62. The van der Waals surface area contributed by atoms with Gasteiger partial charge in [-0.1, -0.05) is 50.6 Å². The molecule has 2 aromatic carbocycles. The highest BCUT2D eigenvalue weighted by atomic mass is 16.6. The smallest absolute Gasteiger partial charge is 0.338 e. The number of hydrogen-bond acceptors (Lipinski definition) is 3. The van der Waals surface area contributed by atoms with Crippen molar-refractivity contribution in [3.8, 4) is 5.75 Å². The Morgan fingerprint density at radius 3 is 2.09 bits per heavy atom. The van der Waals surface area contributed by atoms with Crippen LogP contribution in [0.4, 0.5) is 0 Å². The first-order chi connectivity index (χ1) is 10.9. The van der Waals surface area contributed by atoms with Gasteiger partial charge < -0.3 is 9.47 Å². The molecule has 0 heterocycles. The van der Waals surface area contributed by atoms with Crippen molar-refractivity contribution < 1.29 is 14.3 Å². The Bertz CT molecular complexity index is 634. The first-order valence-electron chi connectivity index (χ1n) is 7.83. The summed E-state index contributed by atoms with van der Waals surface area (Å²) >= 11 is 0. The molecular weight excluding hydrogens is 288 g/mol. The lowest BCUT2D eigenvalue weighted by Gasteiger charge is -2.19. The molecule has 0 aliphatic carbocycles. The van der Waals surface area contributed by atoms with Crippen LogP contribution in [-0.4, -0.2) is 19.2 Å². The third-order valence-electron chi connectivity index (χ3n) is 3.59. The Hall–Kier alpha value is -2.29. The van der Waals surface area contributed by atoms with E-state index in [0.717, 1.165) is 11.3 Å². The summed E-state index contributed by atoms with van der Waals surface area (Å²) in [6.45, 7) is 9.07. The monoisotopic (exact) mass is 312 g/mol. The molecule has 0 atom stereocenters. The van der Waals surface area contributed by atoms with Crippen LogP contribution in [0.3, 0.4) is 0 Å². The van der Waals surface area contributed by atoms with E-state index in [1.165, 1.54) is 5.56 Å². The Balaban J connectivity index is 1.77. The van der Waals surface area contributed by atoms with Gasteiger partial charge in [-0.2, -0.15) is 0 Å². The lowest BCUT2D eigenvalue weighted by atomic mass is 9.87. The maximum Gasteiger partial charge on any atom is 0.338 e. The first-order valence-corrected chi connectivity index (χ1v) is 7.83. The number of carbonyl (C=O) groups is 1. The Kier molecular flexibility index (Phi) is 5.43. The van der Waals surface area contributed by atoms with Gasteiger partial charge in [-0.05, 0) is 42.2 Å². The van der Waals surface area contributed by atoms with Crippen LogP contribution in [0.2, 0.25) is 0 Å². The van der Waals surface area contributed by atoms with Crippen molar-refractivity contribution in [2.45, 2.75) is 33.1 Å². The third-order valence-corrected chi connectivity index (χ3v) is 3.59. The van der Waals surface area contributed by atoms with Crippen molar-refractivity contribution >= 4 is 5.97 Å². The SMILES string of the molecule is Cc1ccc(C(=O)OCCOc2ccc(C(C)(C)C)cc2)cc1. The van der Waals surface area contributed by atoms with Crippen LogP contribution in [-0.2, 0) is 10.2 Å². The van der Waals surface area contributed by atoms with Gasteiger partial charge in [0, 0.05) is 0 Å². The number of esters is 1. The van der Waals surface area contributed by atoms with E-state index in [0.29, 0.717) is 12.2 Å². The highest BCUT2D eigenvalue weighted by Crippen LogP contribution is 2.24. The van der Waals surface area contributed by atoms with Gasteiger partial charge in [0.25, 0.3) is 0 Å². The molecule has 3 nitrogen and oxygen atoms in total. The molecule has 0 radical (unpaired) electrons. The average molecular weight is 312 g/mol. The zero-order valence-corrected chi connectivity index (χ0v) is 14.3. The summed E-state index contributed by atoms with van der Waals surface area (Å²) in [5, 5.41) is 0. The summed E-state index contributed by atoms with van der Waals surface area (Å²) in [6.07, 6.45) is 0. The van der Waals surface area contributed by atoms with E-state index in [2.05, 4.69) is 32.9 Å². The van der Waals surface area contributed by atoms with Crippen LogP contribution in [0.1, 0.15) is 42.3 Å². The fourth-order valence-electron chi connectivity index (χ4n) is 2.12. The molecule has 2 rings (SSSR count). The molecule has 0 unspecified atom stereocenters. The lowest BCUT2D eigenvalue weighted by molar-refractivity contribution is 0.0450. The van der Waals surface area contributed by atoms with Crippen molar-refractivity contribution in [2.75, 3.05) is 13.2 Å². The number of benzene rings is 2. The predicted octanol–water partition coefficient (Wildman–Crippen LogP) is 4.53. The van der Waals surface area contributed by atoms with Gasteiger partial charge in [-0.25, -0.2) is 4.79 Å². The lowest BCUT2D eigenvalue weighted by Crippen LogP contribution is -2.13. The molecule has 0 aromatic heterocycles. The minimum Gasteiger partial charge on any atom is -0.490 e. The number of aryl methyl sites for hydroxylation is 1. The van der Waals surface area contributed by atoms with E-state index >= 15 is 0 Å². The molecule has 0 N–H and O–H groups in total. The van der Waals surface area contributed by atoms with Crippen molar-refractivity contribution in [1.29, 1.82) is 0 Å². The van der Waals surface area contributed by atoms with E-state index < -0.39 is 0 Å². The first kappa shape index (κ1) is 17.1. The molecule has 0 aliphatic rings. The number of carbonyl (C=O) groups excluding carboxylic acids is 1. The molecule has 23 heavy (non-hydrogen) atoms. The second-order valence-electron chi connectivity index (χ2n) is 6.62. The Labute approximate surface area is 138 Å². The van der Waals surface area contributed by atoms with Gasteiger partial charge in [-0.3, -0.25) is 0 Å². The van der Waals surface area contributed by atoms with Crippen LogP contribution in [0.25, 0.3) is 0 Å². The molecule has 0 bridgehead atoms. The highest BCUT2D eigenvalue weighted by Gasteiger charge is 2.13. The Morgan fingerprint density at radius 2 is 1.52 bits per heavy atom. The highest BCUT2D eigenvalue weighted by molar-refractivity contribution is 5.89. The molecule has 3 heteroatoms. The van der Waals surface area contributed by atoms with E-state index in [4.69, 9.17) is 9.47 Å². The van der Waals surface area contributed by atoms with E-state index in [-0.39, 0.29) is 18.0 Å². The number of rotatable bonds is 5. The van der Waals surface area contributed by atoms with E-state index in [9.17, 15) is 4.79 Å². The zero-order valence-electron chi connectivity index (χ0n) is 14.3. The van der Waals surface area contributed by atoms with E-state index in [1.54, 1.807) is 12.1 Å². The van der Waals surface area contributed by atoms with Gasteiger partial charge in [0.15, 0.2) is 0 Å². The summed E-state index contributed by atoms with van der Waals surface area (Å²) in [5.41, 5.74) is 3.06. The largest absolute Gasteiger partial charge is 0.490 e. The average Bonchev–Trinajstić information content (AvgIpc) is 2.51. The fraction of sp³-hybridized carbons (Fsp3) is 0.350. The summed E-state index contributed by atoms with van der Waals surface area (Å²) in [7, 11) is 0. The molecule has 0 amide bonds. The van der Waals surface area contributed by atoms with Gasteiger partial charge >= 0.3 is 5.97 Å². The van der Waals surface area contributed by atoms with Crippen LogP contribution in [0.15, 0.2) is 48.5 Å². The third kappa shape index (κ3) is 5.13.